The number of carbonyl (C=O) groups excluding carboxylic acids is 1. The molecular formula is C18H23N5O2. The van der Waals surface area contributed by atoms with Crippen molar-refractivity contribution >= 4 is 17.5 Å². The highest BCUT2D eigenvalue weighted by molar-refractivity contribution is 5.88. The molecule has 0 bridgehead atoms. The number of methoxy groups -OCH3 is 1. The number of nitrogens with zero attached hydrogens (tertiary/aromatic N) is 4. The van der Waals surface area contributed by atoms with Crippen molar-refractivity contribution in [3.05, 3.63) is 41.5 Å². The van der Waals surface area contributed by atoms with E-state index >= 15 is 0 Å². The zero-order chi connectivity index (χ0) is 17.8. The third-order valence-corrected chi connectivity index (χ3v) is 4.57. The lowest BCUT2D eigenvalue weighted by Crippen LogP contribution is -2.50. The monoisotopic (exact) mass is 341 g/mol. The number of urea groups is 1. The minimum Gasteiger partial charge on any atom is -0.480 e. The third-order valence-electron chi connectivity index (χ3n) is 4.57. The van der Waals surface area contributed by atoms with Crippen LogP contribution < -0.4 is 15.0 Å². The standard InChI is InChI=1S/C18H23N5O2/c1-13-5-4-6-15(14(13)2)22-9-11-23(12-10-22)18(24)19-16-7-8-17(25-3)21-20-16/h4-8H,9-12H2,1-3H3,(H,19,20,24). The van der Waals surface area contributed by atoms with Crippen LogP contribution >= 0.6 is 0 Å². The van der Waals surface area contributed by atoms with Gasteiger partial charge in [0.25, 0.3) is 0 Å². The molecule has 2 amide bonds. The summed E-state index contributed by atoms with van der Waals surface area (Å²) in [7, 11) is 1.53. The van der Waals surface area contributed by atoms with Crippen molar-refractivity contribution in [1.29, 1.82) is 0 Å². The van der Waals surface area contributed by atoms with Crippen LogP contribution in [0.15, 0.2) is 30.3 Å². The van der Waals surface area contributed by atoms with Gasteiger partial charge in [0, 0.05) is 37.9 Å². The van der Waals surface area contributed by atoms with Crippen LogP contribution in [0.1, 0.15) is 11.1 Å². The molecular weight excluding hydrogens is 318 g/mol. The molecule has 2 aromatic rings. The molecule has 7 heteroatoms. The Bertz CT molecular complexity index is 740. The summed E-state index contributed by atoms with van der Waals surface area (Å²) in [5.74, 6) is 0.836. The first kappa shape index (κ1) is 17.0. The van der Waals surface area contributed by atoms with E-state index < -0.39 is 0 Å². The number of hydrogen-bond acceptors (Lipinski definition) is 5. The van der Waals surface area contributed by atoms with Crippen molar-refractivity contribution in [3.8, 4) is 5.88 Å². The average molecular weight is 341 g/mol. The van der Waals surface area contributed by atoms with Gasteiger partial charge in [-0.15, -0.1) is 10.2 Å². The minimum absolute atomic E-state index is 0.153. The second kappa shape index (κ2) is 7.38. The quantitative estimate of drug-likeness (QED) is 0.928. The summed E-state index contributed by atoms with van der Waals surface area (Å²) < 4.78 is 4.96. The van der Waals surface area contributed by atoms with Gasteiger partial charge in [-0.1, -0.05) is 12.1 Å². The molecule has 1 aliphatic heterocycles. The van der Waals surface area contributed by atoms with Crippen molar-refractivity contribution in [1.82, 2.24) is 15.1 Å². The Hall–Kier alpha value is -2.83. The topological polar surface area (TPSA) is 70.6 Å². The van der Waals surface area contributed by atoms with E-state index in [1.165, 1.54) is 23.9 Å². The highest BCUT2D eigenvalue weighted by Crippen LogP contribution is 2.24. The first-order chi connectivity index (χ1) is 12.1. The van der Waals surface area contributed by atoms with E-state index in [1.807, 2.05) is 0 Å². The van der Waals surface area contributed by atoms with Crippen LogP contribution in [0.5, 0.6) is 5.88 Å². The van der Waals surface area contributed by atoms with Gasteiger partial charge < -0.3 is 14.5 Å². The number of aromatic nitrogens is 2. The molecule has 1 aromatic carbocycles. The van der Waals surface area contributed by atoms with Gasteiger partial charge in [-0.3, -0.25) is 5.32 Å². The Balaban J connectivity index is 1.57. The third kappa shape index (κ3) is 3.81. The van der Waals surface area contributed by atoms with Gasteiger partial charge in [-0.2, -0.15) is 0 Å². The molecule has 0 saturated carbocycles. The van der Waals surface area contributed by atoms with Gasteiger partial charge >= 0.3 is 6.03 Å². The Morgan fingerprint density at radius 3 is 2.48 bits per heavy atom. The number of ether oxygens (including phenoxy) is 1. The van der Waals surface area contributed by atoms with E-state index in [-0.39, 0.29) is 6.03 Å². The zero-order valence-electron chi connectivity index (χ0n) is 14.8. The smallest absolute Gasteiger partial charge is 0.323 e. The molecule has 1 N–H and O–H groups in total. The fraction of sp³-hybridized carbons (Fsp3) is 0.389. The predicted octanol–water partition coefficient (Wildman–Crippen LogP) is 2.46. The number of hydrogen-bond donors (Lipinski definition) is 1. The van der Waals surface area contributed by atoms with Crippen molar-refractivity contribution in [2.24, 2.45) is 0 Å². The second-order valence-corrected chi connectivity index (χ2v) is 6.08. The maximum Gasteiger partial charge on any atom is 0.323 e. The number of piperazine rings is 1. The fourth-order valence-electron chi connectivity index (χ4n) is 2.91. The highest BCUT2D eigenvalue weighted by Gasteiger charge is 2.22. The zero-order valence-corrected chi connectivity index (χ0v) is 14.8. The number of aryl methyl sites for hydroxylation is 1. The minimum atomic E-state index is -0.153. The Kier molecular flexibility index (Phi) is 5.02. The average Bonchev–Trinajstić information content (AvgIpc) is 2.65. The maximum absolute atomic E-state index is 12.4. The molecule has 7 nitrogen and oxygen atoms in total. The van der Waals surface area contributed by atoms with Crippen molar-refractivity contribution in [2.75, 3.05) is 43.5 Å². The summed E-state index contributed by atoms with van der Waals surface area (Å²) in [6.07, 6.45) is 0. The molecule has 0 unspecified atom stereocenters. The van der Waals surface area contributed by atoms with Gasteiger partial charge in [0.15, 0.2) is 5.82 Å². The Morgan fingerprint density at radius 1 is 1.08 bits per heavy atom. The van der Waals surface area contributed by atoms with Crippen molar-refractivity contribution < 1.29 is 9.53 Å². The molecule has 1 fully saturated rings. The molecule has 2 heterocycles. The number of nitrogens with one attached hydrogen (secondary N) is 1. The maximum atomic E-state index is 12.4. The first-order valence-corrected chi connectivity index (χ1v) is 8.33. The molecule has 25 heavy (non-hydrogen) atoms. The van der Waals surface area contributed by atoms with E-state index in [0.717, 1.165) is 13.1 Å². The molecule has 0 spiro atoms. The summed E-state index contributed by atoms with van der Waals surface area (Å²) >= 11 is 0. The van der Waals surface area contributed by atoms with Crippen LogP contribution in [0.4, 0.5) is 16.3 Å². The van der Waals surface area contributed by atoms with Crippen LogP contribution in [0.3, 0.4) is 0 Å². The van der Waals surface area contributed by atoms with Gasteiger partial charge in [0.05, 0.1) is 7.11 Å². The molecule has 1 aromatic heterocycles. The molecule has 3 rings (SSSR count). The van der Waals surface area contributed by atoms with Crippen LogP contribution in [-0.4, -0.2) is 54.4 Å². The summed E-state index contributed by atoms with van der Waals surface area (Å²) in [5.41, 5.74) is 3.84. The predicted molar refractivity (Wildman–Crippen MR) is 97.3 cm³/mol. The lowest BCUT2D eigenvalue weighted by molar-refractivity contribution is 0.208. The summed E-state index contributed by atoms with van der Waals surface area (Å²) in [4.78, 5) is 16.5. The first-order valence-electron chi connectivity index (χ1n) is 8.33. The largest absolute Gasteiger partial charge is 0.480 e. The van der Waals surface area contributed by atoms with E-state index in [2.05, 4.69) is 52.5 Å². The molecule has 0 atom stereocenters. The summed E-state index contributed by atoms with van der Waals surface area (Å²) in [6, 6.07) is 9.54. The van der Waals surface area contributed by atoms with E-state index in [4.69, 9.17) is 4.74 Å². The lowest BCUT2D eigenvalue weighted by atomic mass is 10.1. The summed E-state index contributed by atoms with van der Waals surface area (Å²) in [6.45, 7) is 7.23. The number of amides is 2. The SMILES string of the molecule is COc1ccc(NC(=O)N2CCN(c3cccc(C)c3C)CC2)nn1. The van der Waals surface area contributed by atoms with Crippen LogP contribution in [-0.2, 0) is 0 Å². The molecule has 1 saturated heterocycles. The van der Waals surface area contributed by atoms with Crippen molar-refractivity contribution in [3.63, 3.8) is 0 Å². The molecule has 1 aliphatic rings. The number of anilines is 2. The fourth-order valence-corrected chi connectivity index (χ4v) is 2.91. The van der Waals surface area contributed by atoms with E-state index in [1.54, 1.807) is 17.0 Å². The molecule has 132 valence electrons. The van der Waals surface area contributed by atoms with Crippen LogP contribution in [0.25, 0.3) is 0 Å². The van der Waals surface area contributed by atoms with Crippen molar-refractivity contribution in [2.45, 2.75) is 13.8 Å². The second-order valence-electron chi connectivity index (χ2n) is 6.08. The lowest BCUT2D eigenvalue weighted by Gasteiger charge is -2.36. The van der Waals surface area contributed by atoms with Crippen LogP contribution in [0, 0.1) is 13.8 Å². The Labute approximate surface area is 147 Å². The Morgan fingerprint density at radius 2 is 1.84 bits per heavy atom. The number of rotatable bonds is 3. The van der Waals surface area contributed by atoms with Gasteiger partial charge in [0.2, 0.25) is 5.88 Å². The van der Waals surface area contributed by atoms with Gasteiger partial charge in [-0.25, -0.2) is 4.79 Å². The normalized spacial score (nSPS) is 14.4. The molecule has 0 aliphatic carbocycles. The van der Waals surface area contributed by atoms with Gasteiger partial charge in [-0.05, 0) is 37.1 Å². The van der Waals surface area contributed by atoms with E-state index in [0.29, 0.717) is 24.8 Å². The van der Waals surface area contributed by atoms with E-state index in [9.17, 15) is 4.79 Å². The number of benzene rings is 1. The summed E-state index contributed by atoms with van der Waals surface area (Å²) in [5, 5.41) is 10.6. The number of carbonyl (C=O) groups is 1. The van der Waals surface area contributed by atoms with Crippen LogP contribution in [0.2, 0.25) is 0 Å². The van der Waals surface area contributed by atoms with Gasteiger partial charge in [0.1, 0.15) is 0 Å². The highest BCUT2D eigenvalue weighted by atomic mass is 16.5. The molecule has 0 radical (unpaired) electrons.